The summed E-state index contributed by atoms with van der Waals surface area (Å²) < 4.78 is 0. The van der Waals surface area contributed by atoms with Gasteiger partial charge >= 0.3 is 0 Å². The molecule has 0 atom stereocenters. The van der Waals surface area contributed by atoms with Gasteiger partial charge in [0.1, 0.15) is 12.1 Å². The van der Waals surface area contributed by atoms with E-state index in [1.807, 2.05) is 6.07 Å². The van der Waals surface area contributed by atoms with Crippen LogP contribution in [0.25, 0.3) is 0 Å². The molecule has 0 aliphatic heterocycles. The molecule has 0 aliphatic carbocycles. The van der Waals surface area contributed by atoms with Crippen LogP contribution in [0.5, 0.6) is 0 Å². The van der Waals surface area contributed by atoms with Gasteiger partial charge < -0.3 is 10.6 Å². The Morgan fingerprint density at radius 1 is 1.38 bits per heavy atom. The predicted octanol–water partition coefficient (Wildman–Crippen LogP) is 1.15. The molecule has 0 radical (unpaired) electrons. The summed E-state index contributed by atoms with van der Waals surface area (Å²) in [6.45, 7) is 6.93. The Balaban J connectivity index is 2.42. The molecule has 1 amide bonds. The maximum atomic E-state index is 10.6. The smallest absolute Gasteiger partial charge is 0.216 e. The molecule has 0 spiro atoms. The first-order chi connectivity index (χ1) is 7.59. The van der Waals surface area contributed by atoms with Crippen molar-refractivity contribution in [2.45, 2.75) is 26.7 Å². The number of aromatic nitrogens is 2. The number of carbonyl (C=O) groups is 1. The number of rotatable bonds is 5. The van der Waals surface area contributed by atoms with Gasteiger partial charge in [0, 0.05) is 31.8 Å². The molecule has 16 heavy (non-hydrogen) atoms. The predicted molar refractivity (Wildman–Crippen MR) is 63.3 cm³/mol. The standard InChI is InChI=1S/C11H18N4O/c1-8(2)10-6-11(15-7-14-10)13-5-4-12-9(3)16/h6-8H,4-5H2,1-3H3,(H,12,16)(H,13,14,15). The highest BCUT2D eigenvalue weighted by atomic mass is 16.1. The number of carbonyl (C=O) groups excluding carboxylic acids is 1. The first kappa shape index (κ1) is 12.4. The zero-order valence-electron chi connectivity index (χ0n) is 9.95. The van der Waals surface area contributed by atoms with Crippen LogP contribution in [0, 0.1) is 0 Å². The molecular weight excluding hydrogens is 204 g/mol. The van der Waals surface area contributed by atoms with E-state index >= 15 is 0 Å². The van der Waals surface area contributed by atoms with Gasteiger partial charge in [-0.25, -0.2) is 9.97 Å². The highest BCUT2D eigenvalue weighted by Crippen LogP contribution is 2.13. The summed E-state index contributed by atoms with van der Waals surface area (Å²) in [7, 11) is 0. The lowest BCUT2D eigenvalue weighted by Crippen LogP contribution is -2.26. The lowest BCUT2D eigenvalue weighted by atomic mass is 10.1. The molecule has 88 valence electrons. The summed E-state index contributed by atoms with van der Waals surface area (Å²) in [5.41, 5.74) is 1.01. The van der Waals surface area contributed by atoms with Crippen molar-refractivity contribution in [3.05, 3.63) is 18.1 Å². The van der Waals surface area contributed by atoms with Crippen LogP contribution in [-0.2, 0) is 4.79 Å². The summed E-state index contributed by atoms with van der Waals surface area (Å²) in [6, 6.07) is 1.93. The second-order valence-corrected chi connectivity index (χ2v) is 3.89. The number of amides is 1. The molecule has 0 aliphatic rings. The summed E-state index contributed by atoms with van der Waals surface area (Å²) in [4.78, 5) is 18.9. The molecular formula is C11H18N4O. The fraction of sp³-hybridized carbons (Fsp3) is 0.545. The lowest BCUT2D eigenvalue weighted by Gasteiger charge is -2.08. The Morgan fingerprint density at radius 3 is 2.75 bits per heavy atom. The van der Waals surface area contributed by atoms with E-state index in [0.717, 1.165) is 11.5 Å². The first-order valence-electron chi connectivity index (χ1n) is 5.40. The Bertz CT molecular complexity index is 352. The number of nitrogens with one attached hydrogen (secondary N) is 2. The number of anilines is 1. The van der Waals surface area contributed by atoms with Crippen LogP contribution in [0.15, 0.2) is 12.4 Å². The van der Waals surface area contributed by atoms with E-state index in [2.05, 4.69) is 34.4 Å². The van der Waals surface area contributed by atoms with Gasteiger partial charge in [0.2, 0.25) is 5.91 Å². The summed E-state index contributed by atoms with van der Waals surface area (Å²) in [6.07, 6.45) is 1.55. The van der Waals surface area contributed by atoms with Crippen LogP contribution in [-0.4, -0.2) is 29.0 Å². The van der Waals surface area contributed by atoms with E-state index in [0.29, 0.717) is 19.0 Å². The first-order valence-corrected chi connectivity index (χ1v) is 5.40. The van der Waals surface area contributed by atoms with Gasteiger partial charge in [0.25, 0.3) is 0 Å². The van der Waals surface area contributed by atoms with E-state index < -0.39 is 0 Å². The largest absolute Gasteiger partial charge is 0.368 e. The van der Waals surface area contributed by atoms with Crippen molar-refractivity contribution in [2.75, 3.05) is 18.4 Å². The van der Waals surface area contributed by atoms with E-state index in [1.165, 1.54) is 6.92 Å². The van der Waals surface area contributed by atoms with E-state index in [9.17, 15) is 4.79 Å². The highest BCUT2D eigenvalue weighted by molar-refractivity contribution is 5.72. The number of hydrogen-bond donors (Lipinski definition) is 2. The van der Waals surface area contributed by atoms with Crippen LogP contribution in [0.1, 0.15) is 32.4 Å². The van der Waals surface area contributed by atoms with Gasteiger partial charge in [-0.1, -0.05) is 13.8 Å². The van der Waals surface area contributed by atoms with Crippen LogP contribution in [0.2, 0.25) is 0 Å². The molecule has 0 bridgehead atoms. The van der Waals surface area contributed by atoms with Crippen molar-refractivity contribution < 1.29 is 4.79 Å². The monoisotopic (exact) mass is 222 g/mol. The summed E-state index contributed by atoms with van der Waals surface area (Å²) in [5.74, 6) is 1.16. The van der Waals surface area contributed by atoms with Gasteiger partial charge in [-0.3, -0.25) is 4.79 Å². The molecule has 0 aromatic carbocycles. The molecule has 5 heteroatoms. The molecule has 2 N–H and O–H groups in total. The van der Waals surface area contributed by atoms with Crippen molar-refractivity contribution >= 4 is 11.7 Å². The van der Waals surface area contributed by atoms with Crippen molar-refractivity contribution in [2.24, 2.45) is 0 Å². The van der Waals surface area contributed by atoms with Crippen LogP contribution in [0.4, 0.5) is 5.82 Å². The third kappa shape index (κ3) is 4.25. The normalized spacial score (nSPS) is 10.2. The van der Waals surface area contributed by atoms with Crippen LogP contribution < -0.4 is 10.6 Å². The minimum Gasteiger partial charge on any atom is -0.368 e. The fourth-order valence-corrected chi connectivity index (χ4v) is 1.21. The Kier molecular flexibility index (Phi) is 4.69. The topological polar surface area (TPSA) is 66.9 Å². The molecule has 0 saturated carbocycles. The number of hydrogen-bond acceptors (Lipinski definition) is 4. The second-order valence-electron chi connectivity index (χ2n) is 3.89. The third-order valence-corrected chi connectivity index (χ3v) is 2.08. The average Bonchev–Trinajstić information content (AvgIpc) is 2.24. The lowest BCUT2D eigenvalue weighted by molar-refractivity contribution is -0.118. The SMILES string of the molecule is CC(=O)NCCNc1cc(C(C)C)ncn1. The van der Waals surface area contributed by atoms with Crippen molar-refractivity contribution in [1.29, 1.82) is 0 Å². The maximum Gasteiger partial charge on any atom is 0.216 e. The Labute approximate surface area is 95.7 Å². The van der Waals surface area contributed by atoms with Crippen molar-refractivity contribution in [3.8, 4) is 0 Å². The van der Waals surface area contributed by atoms with Gasteiger partial charge in [-0.05, 0) is 5.92 Å². The van der Waals surface area contributed by atoms with E-state index in [-0.39, 0.29) is 5.91 Å². The summed E-state index contributed by atoms with van der Waals surface area (Å²) in [5, 5.41) is 5.84. The van der Waals surface area contributed by atoms with Gasteiger partial charge in [0.15, 0.2) is 0 Å². The van der Waals surface area contributed by atoms with Crippen LogP contribution in [0.3, 0.4) is 0 Å². The Morgan fingerprint density at radius 2 is 2.12 bits per heavy atom. The molecule has 0 fully saturated rings. The van der Waals surface area contributed by atoms with Crippen LogP contribution >= 0.6 is 0 Å². The molecule has 1 rings (SSSR count). The maximum absolute atomic E-state index is 10.6. The fourth-order valence-electron chi connectivity index (χ4n) is 1.21. The Hall–Kier alpha value is -1.65. The minimum atomic E-state index is -0.0210. The molecule has 0 unspecified atom stereocenters. The van der Waals surface area contributed by atoms with Gasteiger partial charge in [-0.15, -0.1) is 0 Å². The molecule has 1 aromatic heterocycles. The molecule has 5 nitrogen and oxygen atoms in total. The van der Waals surface area contributed by atoms with E-state index in [1.54, 1.807) is 6.33 Å². The minimum absolute atomic E-state index is 0.0210. The van der Waals surface area contributed by atoms with Crippen molar-refractivity contribution in [3.63, 3.8) is 0 Å². The van der Waals surface area contributed by atoms with Gasteiger partial charge in [0.05, 0.1) is 0 Å². The molecule has 0 saturated heterocycles. The molecule has 1 heterocycles. The van der Waals surface area contributed by atoms with Gasteiger partial charge in [-0.2, -0.15) is 0 Å². The quantitative estimate of drug-likeness (QED) is 0.733. The highest BCUT2D eigenvalue weighted by Gasteiger charge is 2.02. The van der Waals surface area contributed by atoms with Crippen molar-refractivity contribution in [1.82, 2.24) is 15.3 Å². The second kappa shape index (κ2) is 6.05. The molecule has 1 aromatic rings. The average molecular weight is 222 g/mol. The summed E-state index contributed by atoms with van der Waals surface area (Å²) >= 11 is 0. The zero-order chi connectivity index (χ0) is 12.0. The zero-order valence-corrected chi connectivity index (χ0v) is 9.95. The third-order valence-electron chi connectivity index (χ3n) is 2.08. The number of nitrogens with zero attached hydrogens (tertiary/aromatic N) is 2. The van der Waals surface area contributed by atoms with E-state index in [4.69, 9.17) is 0 Å².